The second-order valence-electron chi connectivity index (χ2n) is 5.61. The summed E-state index contributed by atoms with van der Waals surface area (Å²) in [5.74, 6) is 0.920. The molecule has 0 bridgehead atoms. The van der Waals surface area contributed by atoms with Crippen LogP contribution in [-0.4, -0.2) is 38.9 Å². The van der Waals surface area contributed by atoms with Crippen molar-refractivity contribution in [1.29, 1.82) is 0 Å². The number of rotatable bonds is 6. The van der Waals surface area contributed by atoms with E-state index in [1.54, 1.807) is 19.2 Å². The SMILES string of the molecule is COc1ccccc1C(=O)CSc1nnnn1C1CCCCC1. The Bertz CT molecular complexity index is 668. The van der Waals surface area contributed by atoms with Crippen molar-refractivity contribution in [1.82, 2.24) is 20.2 Å². The van der Waals surface area contributed by atoms with E-state index in [2.05, 4.69) is 15.5 Å². The first-order chi connectivity index (χ1) is 11.3. The highest BCUT2D eigenvalue weighted by molar-refractivity contribution is 7.99. The van der Waals surface area contributed by atoms with Gasteiger partial charge in [-0.3, -0.25) is 4.79 Å². The van der Waals surface area contributed by atoms with Gasteiger partial charge in [0.1, 0.15) is 5.75 Å². The minimum absolute atomic E-state index is 0.0191. The molecule has 1 aliphatic rings. The van der Waals surface area contributed by atoms with Gasteiger partial charge < -0.3 is 4.74 Å². The van der Waals surface area contributed by atoms with Crippen molar-refractivity contribution in [2.75, 3.05) is 12.9 Å². The highest BCUT2D eigenvalue weighted by Crippen LogP contribution is 2.30. The number of carbonyl (C=O) groups is 1. The largest absolute Gasteiger partial charge is 0.496 e. The van der Waals surface area contributed by atoms with Crippen LogP contribution in [0.5, 0.6) is 5.75 Å². The number of aromatic nitrogens is 4. The maximum atomic E-state index is 12.4. The fraction of sp³-hybridized carbons (Fsp3) is 0.500. The van der Waals surface area contributed by atoms with Crippen LogP contribution in [0.25, 0.3) is 0 Å². The van der Waals surface area contributed by atoms with Crippen molar-refractivity contribution in [2.45, 2.75) is 43.3 Å². The highest BCUT2D eigenvalue weighted by Gasteiger charge is 2.21. The summed E-state index contributed by atoms with van der Waals surface area (Å²) in [5.41, 5.74) is 0.596. The van der Waals surface area contributed by atoms with Gasteiger partial charge in [-0.25, -0.2) is 4.68 Å². The summed E-state index contributed by atoms with van der Waals surface area (Å²) in [4.78, 5) is 12.4. The van der Waals surface area contributed by atoms with Crippen molar-refractivity contribution in [2.24, 2.45) is 0 Å². The van der Waals surface area contributed by atoms with Crippen LogP contribution in [0.3, 0.4) is 0 Å². The number of ether oxygens (including phenoxy) is 1. The van der Waals surface area contributed by atoms with Gasteiger partial charge in [0.15, 0.2) is 5.78 Å². The van der Waals surface area contributed by atoms with Crippen LogP contribution in [0, 0.1) is 0 Å². The molecule has 1 aromatic heterocycles. The van der Waals surface area contributed by atoms with Crippen LogP contribution in [0.1, 0.15) is 48.5 Å². The molecule has 1 aliphatic carbocycles. The van der Waals surface area contributed by atoms with Crippen LogP contribution < -0.4 is 4.74 Å². The Balaban J connectivity index is 1.67. The number of Topliss-reactive ketones (excluding diaryl/α,β-unsaturated/α-hetero) is 1. The lowest BCUT2D eigenvalue weighted by Gasteiger charge is -2.21. The number of tetrazole rings is 1. The van der Waals surface area contributed by atoms with Crippen molar-refractivity contribution in [3.8, 4) is 5.75 Å². The molecular weight excluding hydrogens is 312 g/mol. The topological polar surface area (TPSA) is 69.9 Å². The van der Waals surface area contributed by atoms with E-state index in [1.807, 2.05) is 16.8 Å². The maximum Gasteiger partial charge on any atom is 0.210 e. The smallest absolute Gasteiger partial charge is 0.210 e. The van der Waals surface area contributed by atoms with Crippen molar-refractivity contribution < 1.29 is 9.53 Å². The van der Waals surface area contributed by atoms with Gasteiger partial charge in [0, 0.05) is 0 Å². The second kappa shape index (κ2) is 7.59. The minimum Gasteiger partial charge on any atom is -0.496 e. The molecule has 0 aliphatic heterocycles. The molecule has 7 heteroatoms. The average molecular weight is 332 g/mol. The maximum absolute atomic E-state index is 12.4. The molecule has 1 saturated carbocycles. The van der Waals surface area contributed by atoms with E-state index in [4.69, 9.17) is 4.74 Å². The van der Waals surface area contributed by atoms with Gasteiger partial charge in [-0.2, -0.15) is 0 Å². The number of para-hydroxylation sites is 1. The fourth-order valence-electron chi connectivity index (χ4n) is 2.92. The third-order valence-corrected chi connectivity index (χ3v) is 5.06. The summed E-state index contributed by atoms with van der Waals surface area (Å²) in [6.45, 7) is 0. The predicted molar refractivity (Wildman–Crippen MR) is 88.0 cm³/mol. The molecule has 6 nitrogen and oxygen atoms in total. The van der Waals surface area contributed by atoms with Crippen molar-refractivity contribution in [3.05, 3.63) is 29.8 Å². The first-order valence-corrected chi connectivity index (χ1v) is 8.85. The van der Waals surface area contributed by atoms with Gasteiger partial charge in [0.2, 0.25) is 5.16 Å². The van der Waals surface area contributed by atoms with E-state index in [9.17, 15) is 4.79 Å². The Morgan fingerprint density at radius 3 is 2.87 bits per heavy atom. The molecule has 23 heavy (non-hydrogen) atoms. The molecule has 0 saturated heterocycles. The number of ketones is 1. The standard InChI is InChI=1S/C16H20N4O2S/c1-22-15-10-6-5-9-13(15)14(21)11-23-16-17-18-19-20(16)12-7-3-2-4-8-12/h5-6,9-10,12H,2-4,7-8,11H2,1H3. The molecule has 1 fully saturated rings. The molecule has 0 spiro atoms. The lowest BCUT2D eigenvalue weighted by Crippen LogP contribution is -2.16. The first kappa shape index (κ1) is 16.0. The molecule has 0 radical (unpaired) electrons. The average Bonchev–Trinajstić information content (AvgIpc) is 3.09. The lowest BCUT2D eigenvalue weighted by atomic mass is 9.96. The molecule has 1 aromatic carbocycles. The number of hydrogen-bond acceptors (Lipinski definition) is 6. The Labute approximate surface area is 139 Å². The van der Waals surface area contributed by atoms with E-state index in [1.165, 1.54) is 31.0 Å². The van der Waals surface area contributed by atoms with E-state index < -0.39 is 0 Å². The van der Waals surface area contributed by atoms with Gasteiger partial charge in [-0.05, 0) is 35.4 Å². The molecule has 1 heterocycles. The molecule has 0 unspecified atom stereocenters. The van der Waals surface area contributed by atoms with Crippen LogP contribution in [0.4, 0.5) is 0 Å². The van der Waals surface area contributed by atoms with Gasteiger partial charge in [-0.1, -0.05) is 43.2 Å². The summed E-state index contributed by atoms with van der Waals surface area (Å²) < 4.78 is 7.14. The summed E-state index contributed by atoms with van der Waals surface area (Å²) in [6.07, 6.45) is 5.94. The predicted octanol–water partition coefficient (Wildman–Crippen LogP) is 3.16. The zero-order valence-corrected chi connectivity index (χ0v) is 14.0. The monoisotopic (exact) mass is 332 g/mol. The normalized spacial score (nSPS) is 15.5. The van der Waals surface area contributed by atoms with Crippen LogP contribution >= 0.6 is 11.8 Å². The third kappa shape index (κ3) is 3.72. The van der Waals surface area contributed by atoms with E-state index >= 15 is 0 Å². The van der Waals surface area contributed by atoms with Crippen LogP contribution in [0.15, 0.2) is 29.4 Å². The van der Waals surface area contributed by atoms with E-state index in [0.29, 0.717) is 23.1 Å². The zero-order chi connectivity index (χ0) is 16.1. The molecular formula is C16H20N4O2S. The van der Waals surface area contributed by atoms with E-state index in [-0.39, 0.29) is 5.78 Å². The molecule has 3 rings (SSSR count). The zero-order valence-electron chi connectivity index (χ0n) is 13.1. The van der Waals surface area contributed by atoms with E-state index in [0.717, 1.165) is 18.0 Å². The van der Waals surface area contributed by atoms with Crippen molar-refractivity contribution >= 4 is 17.5 Å². The van der Waals surface area contributed by atoms with Gasteiger partial charge in [0.05, 0.1) is 24.5 Å². The van der Waals surface area contributed by atoms with Crippen molar-refractivity contribution in [3.63, 3.8) is 0 Å². The number of nitrogens with zero attached hydrogens (tertiary/aromatic N) is 4. The molecule has 122 valence electrons. The minimum atomic E-state index is 0.0191. The lowest BCUT2D eigenvalue weighted by molar-refractivity contribution is 0.101. The Morgan fingerprint density at radius 2 is 2.09 bits per heavy atom. The summed E-state index contributed by atoms with van der Waals surface area (Å²) in [5, 5.41) is 12.7. The quantitative estimate of drug-likeness (QED) is 0.598. The summed E-state index contributed by atoms with van der Waals surface area (Å²) in [7, 11) is 1.57. The summed E-state index contributed by atoms with van der Waals surface area (Å²) in [6, 6.07) is 7.64. The van der Waals surface area contributed by atoms with Gasteiger partial charge >= 0.3 is 0 Å². The third-order valence-electron chi connectivity index (χ3n) is 4.12. The fourth-order valence-corrected chi connectivity index (χ4v) is 3.75. The number of benzene rings is 1. The molecule has 0 amide bonds. The number of carbonyl (C=O) groups excluding carboxylic acids is 1. The second-order valence-corrected chi connectivity index (χ2v) is 6.55. The molecule has 2 aromatic rings. The number of thioether (sulfide) groups is 1. The molecule has 0 N–H and O–H groups in total. The summed E-state index contributed by atoms with van der Waals surface area (Å²) >= 11 is 1.39. The Hall–Kier alpha value is -1.89. The Morgan fingerprint density at radius 1 is 1.30 bits per heavy atom. The molecule has 0 atom stereocenters. The Kier molecular flexibility index (Phi) is 5.27. The first-order valence-electron chi connectivity index (χ1n) is 7.86. The highest BCUT2D eigenvalue weighted by atomic mass is 32.2. The van der Waals surface area contributed by atoms with Crippen LogP contribution in [0.2, 0.25) is 0 Å². The van der Waals surface area contributed by atoms with Crippen LogP contribution in [-0.2, 0) is 0 Å². The van der Waals surface area contributed by atoms with Gasteiger partial charge in [0.25, 0.3) is 0 Å². The number of methoxy groups -OCH3 is 1. The van der Waals surface area contributed by atoms with Gasteiger partial charge in [-0.15, -0.1) is 5.10 Å². The number of hydrogen-bond donors (Lipinski definition) is 0.